The summed E-state index contributed by atoms with van der Waals surface area (Å²) in [4.78, 5) is 17.2. The molecule has 0 unspecified atom stereocenters. The van der Waals surface area contributed by atoms with Gasteiger partial charge in [0.25, 0.3) is 5.91 Å². The number of amides is 1. The molecule has 0 atom stereocenters. The van der Waals surface area contributed by atoms with Crippen molar-refractivity contribution in [3.05, 3.63) is 76.7 Å². The molecule has 0 radical (unpaired) electrons. The van der Waals surface area contributed by atoms with Crippen molar-refractivity contribution in [2.45, 2.75) is 6.92 Å². The molecule has 0 aliphatic carbocycles. The molecular formula is C21H18N4OS. The minimum Gasteiger partial charge on any atom is -0.321 e. The van der Waals surface area contributed by atoms with Gasteiger partial charge < -0.3 is 5.32 Å². The van der Waals surface area contributed by atoms with Gasteiger partial charge in [0.1, 0.15) is 5.69 Å². The molecule has 0 aliphatic heterocycles. The number of thiazole rings is 1. The number of carbonyl (C=O) groups is 1. The van der Waals surface area contributed by atoms with Crippen molar-refractivity contribution in [3.8, 4) is 22.5 Å². The third kappa shape index (κ3) is 3.66. The first-order valence-electron chi connectivity index (χ1n) is 8.53. The normalized spacial score (nSPS) is 10.7. The second-order valence-electron chi connectivity index (χ2n) is 6.19. The molecule has 1 amide bonds. The van der Waals surface area contributed by atoms with E-state index in [9.17, 15) is 4.79 Å². The van der Waals surface area contributed by atoms with Gasteiger partial charge in [-0.2, -0.15) is 5.10 Å². The van der Waals surface area contributed by atoms with E-state index < -0.39 is 0 Å². The quantitative estimate of drug-likeness (QED) is 0.560. The van der Waals surface area contributed by atoms with Crippen LogP contribution < -0.4 is 5.32 Å². The summed E-state index contributed by atoms with van der Waals surface area (Å²) >= 11 is 1.61. The third-order valence-corrected chi connectivity index (χ3v) is 4.99. The highest BCUT2D eigenvalue weighted by Crippen LogP contribution is 2.25. The highest BCUT2D eigenvalue weighted by Gasteiger charge is 2.15. The molecule has 0 saturated heterocycles. The van der Waals surface area contributed by atoms with E-state index in [4.69, 9.17) is 0 Å². The molecule has 0 spiro atoms. The summed E-state index contributed by atoms with van der Waals surface area (Å²) in [6.07, 6.45) is 0. The van der Waals surface area contributed by atoms with Crippen LogP contribution in [0.4, 0.5) is 5.69 Å². The molecule has 1 N–H and O–H groups in total. The first kappa shape index (κ1) is 17.2. The zero-order valence-electron chi connectivity index (χ0n) is 15.0. The standard InChI is InChI=1S/C21H18N4OS/c1-14-22-19(13-27-14)16-9-6-10-17(11-16)23-21(26)20-12-18(24-25(20)2)15-7-4-3-5-8-15/h3-13H,1-2H3,(H,23,26). The average Bonchev–Trinajstić information content (AvgIpc) is 3.29. The first-order valence-corrected chi connectivity index (χ1v) is 9.41. The zero-order chi connectivity index (χ0) is 18.8. The number of rotatable bonds is 4. The van der Waals surface area contributed by atoms with Gasteiger partial charge in [-0.3, -0.25) is 9.48 Å². The number of carbonyl (C=O) groups excluding carboxylic acids is 1. The van der Waals surface area contributed by atoms with Crippen molar-refractivity contribution < 1.29 is 4.79 Å². The van der Waals surface area contributed by atoms with Gasteiger partial charge in [-0.15, -0.1) is 11.3 Å². The number of aryl methyl sites for hydroxylation is 2. The Balaban J connectivity index is 1.57. The van der Waals surface area contributed by atoms with E-state index in [1.807, 2.05) is 66.9 Å². The molecule has 4 aromatic rings. The third-order valence-electron chi connectivity index (χ3n) is 4.22. The van der Waals surface area contributed by atoms with E-state index in [1.165, 1.54) is 0 Å². The van der Waals surface area contributed by atoms with Crippen molar-refractivity contribution in [3.63, 3.8) is 0 Å². The Labute approximate surface area is 161 Å². The van der Waals surface area contributed by atoms with Crippen LogP contribution in [0.3, 0.4) is 0 Å². The van der Waals surface area contributed by atoms with Gasteiger partial charge in [-0.1, -0.05) is 42.5 Å². The number of nitrogens with zero attached hydrogens (tertiary/aromatic N) is 3. The Kier molecular flexibility index (Phi) is 4.56. The van der Waals surface area contributed by atoms with Gasteiger partial charge in [0.2, 0.25) is 0 Å². The van der Waals surface area contributed by atoms with E-state index >= 15 is 0 Å². The Morgan fingerprint density at radius 3 is 2.52 bits per heavy atom. The second kappa shape index (κ2) is 7.17. The van der Waals surface area contributed by atoms with E-state index in [2.05, 4.69) is 15.4 Å². The Hall–Kier alpha value is -3.25. The number of benzene rings is 2. The molecule has 0 bridgehead atoms. The molecule has 134 valence electrons. The lowest BCUT2D eigenvalue weighted by Gasteiger charge is -2.06. The topological polar surface area (TPSA) is 59.8 Å². The van der Waals surface area contributed by atoms with Crippen molar-refractivity contribution >= 4 is 22.9 Å². The summed E-state index contributed by atoms with van der Waals surface area (Å²) in [6.45, 7) is 1.98. The molecule has 2 aromatic heterocycles. The van der Waals surface area contributed by atoms with E-state index in [1.54, 1.807) is 29.1 Å². The smallest absolute Gasteiger partial charge is 0.273 e. The Bertz CT molecular complexity index is 1100. The summed E-state index contributed by atoms with van der Waals surface area (Å²) in [5.41, 5.74) is 4.88. The number of aromatic nitrogens is 3. The molecule has 2 heterocycles. The van der Waals surface area contributed by atoms with Crippen LogP contribution in [0, 0.1) is 6.92 Å². The van der Waals surface area contributed by atoms with E-state index in [0.717, 1.165) is 33.2 Å². The van der Waals surface area contributed by atoms with E-state index in [0.29, 0.717) is 5.69 Å². The molecule has 0 saturated carbocycles. The molecule has 0 aliphatic rings. The fourth-order valence-corrected chi connectivity index (χ4v) is 3.50. The van der Waals surface area contributed by atoms with Crippen molar-refractivity contribution in [1.82, 2.24) is 14.8 Å². The predicted octanol–water partition coefficient (Wildman–Crippen LogP) is 4.77. The average molecular weight is 374 g/mol. The van der Waals surface area contributed by atoms with Crippen molar-refractivity contribution in [2.24, 2.45) is 7.05 Å². The van der Waals surface area contributed by atoms with E-state index in [-0.39, 0.29) is 5.91 Å². The van der Waals surface area contributed by atoms with Gasteiger partial charge in [-0.05, 0) is 25.1 Å². The maximum atomic E-state index is 12.7. The fraction of sp³-hybridized carbons (Fsp3) is 0.0952. The highest BCUT2D eigenvalue weighted by molar-refractivity contribution is 7.09. The number of nitrogens with one attached hydrogen (secondary N) is 1. The van der Waals surface area contributed by atoms with Gasteiger partial charge in [0, 0.05) is 29.2 Å². The van der Waals surface area contributed by atoms with Gasteiger partial charge in [0.05, 0.1) is 16.4 Å². The molecular weight excluding hydrogens is 356 g/mol. The van der Waals surface area contributed by atoms with Crippen LogP contribution in [0.15, 0.2) is 66.0 Å². The van der Waals surface area contributed by atoms with Crippen LogP contribution in [-0.4, -0.2) is 20.7 Å². The zero-order valence-corrected chi connectivity index (χ0v) is 15.8. The molecule has 0 fully saturated rings. The monoisotopic (exact) mass is 374 g/mol. The van der Waals surface area contributed by atoms with Crippen LogP contribution in [0.5, 0.6) is 0 Å². The lowest BCUT2D eigenvalue weighted by Crippen LogP contribution is -2.16. The Morgan fingerprint density at radius 1 is 1.00 bits per heavy atom. The first-order chi connectivity index (χ1) is 13.1. The summed E-state index contributed by atoms with van der Waals surface area (Å²) in [5.74, 6) is -0.196. The van der Waals surface area contributed by atoms with Crippen molar-refractivity contribution in [1.29, 1.82) is 0 Å². The largest absolute Gasteiger partial charge is 0.321 e. The minimum atomic E-state index is -0.196. The fourth-order valence-electron chi connectivity index (χ4n) is 2.88. The molecule has 27 heavy (non-hydrogen) atoms. The highest BCUT2D eigenvalue weighted by atomic mass is 32.1. The molecule has 6 heteroatoms. The summed E-state index contributed by atoms with van der Waals surface area (Å²) in [6, 6.07) is 19.3. The van der Waals surface area contributed by atoms with Crippen LogP contribution in [0.2, 0.25) is 0 Å². The molecule has 4 rings (SSSR count). The Morgan fingerprint density at radius 2 is 1.78 bits per heavy atom. The second-order valence-corrected chi connectivity index (χ2v) is 7.25. The molecule has 5 nitrogen and oxygen atoms in total. The predicted molar refractivity (Wildman–Crippen MR) is 109 cm³/mol. The van der Waals surface area contributed by atoms with Gasteiger partial charge in [0.15, 0.2) is 0 Å². The maximum Gasteiger partial charge on any atom is 0.273 e. The number of hydrogen-bond donors (Lipinski definition) is 1. The summed E-state index contributed by atoms with van der Waals surface area (Å²) < 4.78 is 1.60. The number of anilines is 1. The molecule has 2 aromatic carbocycles. The van der Waals surface area contributed by atoms with Gasteiger partial charge in [-0.25, -0.2) is 4.98 Å². The minimum absolute atomic E-state index is 0.196. The SMILES string of the molecule is Cc1nc(-c2cccc(NC(=O)c3cc(-c4ccccc4)nn3C)c2)cs1. The van der Waals surface area contributed by atoms with Gasteiger partial charge >= 0.3 is 0 Å². The summed E-state index contributed by atoms with van der Waals surface area (Å²) in [5, 5.41) is 10.4. The lowest BCUT2D eigenvalue weighted by molar-refractivity contribution is 0.101. The van der Waals surface area contributed by atoms with Crippen LogP contribution in [-0.2, 0) is 7.05 Å². The van der Waals surface area contributed by atoms with Crippen LogP contribution in [0.1, 0.15) is 15.5 Å². The summed E-state index contributed by atoms with van der Waals surface area (Å²) in [7, 11) is 1.77. The van der Waals surface area contributed by atoms with Crippen LogP contribution in [0.25, 0.3) is 22.5 Å². The van der Waals surface area contributed by atoms with Crippen molar-refractivity contribution in [2.75, 3.05) is 5.32 Å². The maximum absolute atomic E-state index is 12.7. The number of hydrogen-bond acceptors (Lipinski definition) is 4. The van der Waals surface area contributed by atoms with Crippen LogP contribution >= 0.6 is 11.3 Å². The lowest BCUT2D eigenvalue weighted by atomic mass is 10.1.